The lowest BCUT2D eigenvalue weighted by molar-refractivity contribution is 0.587. The molecule has 0 heterocycles. The van der Waals surface area contributed by atoms with Crippen molar-refractivity contribution < 1.29 is 4.39 Å². The predicted octanol–water partition coefficient (Wildman–Crippen LogP) is 5.05. The summed E-state index contributed by atoms with van der Waals surface area (Å²) in [5, 5.41) is 4.02. The zero-order chi connectivity index (χ0) is 14.7. The highest BCUT2D eigenvalue weighted by Gasteiger charge is 2.15. The van der Waals surface area contributed by atoms with Crippen molar-refractivity contribution >= 4 is 27.5 Å². The Kier molecular flexibility index (Phi) is 5.19. The van der Waals surface area contributed by atoms with Crippen molar-refractivity contribution in [1.29, 1.82) is 0 Å². The van der Waals surface area contributed by atoms with Crippen LogP contribution in [0.4, 0.5) is 4.39 Å². The minimum Gasteiger partial charge on any atom is -0.313 e. The molecule has 4 heteroatoms. The molecule has 1 unspecified atom stereocenters. The van der Waals surface area contributed by atoms with Crippen molar-refractivity contribution in [3.05, 3.63) is 68.4 Å². The Bertz CT molecular complexity index is 615. The van der Waals surface area contributed by atoms with Gasteiger partial charge < -0.3 is 5.32 Å². The zero-order valence-corrected chi connectivity index (χ0v) is 13.7. The van der Waals surface area contributed by atoms with Crippen molar-refractivity contribution in [2.75, 3.05) is 7.05 Å². The van der Waals surface area contributed by atoms with Gasteiger partial charge in [-0.3, -0.25) is 0 Å². The van der Waals surface area contributed by atoms with Crippen LogP contribution in [-0.4, -0.2) is 7.05 Å². The summed E-state index contributed by atoms with van der Waals surface area (Å²) in [5.41, 5.74) is 3.23. The summed E-state index contributed by atoms with van der Waals surface area (Å²) in [5.74, 6) is -0.241. The summed E-state index contributed by atoms with van der Waals surface area (Å²) < 4.78 is 13.9. The third-order valence-electron chi connectivity index (χ3n) is 3.32. The van der Waals surface area contributed by atoms with Crippen molar-refractivity contribution in [2.45, 2.75) is 19.4 Å². The van der Waals surface area contributed by atoms with Crippen LogP contribution in [0.25, 0.3) is 0 Å². The number of benzene rings is 2. The molecule has 1 N–H and O–H groups in total. The first-order chi connectivity index (χ1) is 9.51. The van der Waals surface area contributed by atoms with Crippen molar-refractivity contribution in [3.8, 4) is 0 Å². The van der Waals surface area contributed by atoms with Gasteiger partial charge in [0.2, 0.25) is 0 Å². The summed E-state index contributed by atoms with van der Waals surface area (Å²) >= 11 is 9.73. The zero-order valence-electron chi connectivity index (χ0n) is 11.4. The SMILES string of the molecule is CNC(Cc1ccc(F)cc1Br)c1ccc(C)cc1Cl. The molecule has 0 aliphatic rings. The molecule has 2 aromatic rings. The Morgan fingerprint density at radius 3 is 2.60 bits per heavy atom. The molecule has 1 atom stereocenters. The van der Waals surface area contributed by atoms with Crippen LogP contribution >= 0.6 is 27.5 Å². The van der Waals surface area contributed by atoms with Crippen molar-refractivity contribution in [3.63, 3.8) is 0 Å². The maximum absolute atomic E-state index is 13.1. The van der Waals surface area contributed by atoms with Gasteiger partial charge in [-0.05, 0) is 55.3 Å². The molecule has 1 nitrogen and oxygen atoms in total. The Morgan fingerprint density at radius 2 is 2.00 bits per heavy atom. The number of likely N-dealkylation sites (N-methyl/N-ethyl adjacent to an activating group) is 1. The Balaban J connectivity index is 2.28. The van der Waals surface area contributed by atoms with Gasteiger partial charge in [-0.15, -0.1) is 0 Å². The second-order valence-electron chi connectivity index (χ2n) is 4.81. The van der Waals surface area contributed by atoms with Gasteiger partial charge in [0.15, 0.2) is 0 Å². The largest absolute Gasteiger partial charge is 0.313 e. The van der Waals surface area contributed by atoms with Gasteiger partial charge in [0.05, 0.1) is 0 Å². The normalized spacial score (nSPS) is 12.4. The molecule has 0 fully saturated rings. The van der Waals surface area contributed by atoms with E-state index in [0.29, 0.717) is 0 Å². The smallest absolute Gasteiger partial charge is 0.124 e. The molecular weight excluding hydrogens is 341 g/mol. The first-order valence-corrected chi connectivity index (χ1v) is 7.55. The van der Waals surface area contributed by atoms with Gasteiger partial charge >= 0.3 is 0 Å². The molecule has 0 bridgehead atoms. The van der Waals surface area contributed by atoms with E-state index in [2.05, 4.69) is 21.2 Å². The molecule has 0 aromatic heterocycles. The molecule has 0 aliphatic carbocycles. The molecule has 0 saturated carbocycles. The molecule has 0 amide bonds. The van der Waals surface area contributed by atoms with Crippen LogP contribution < -0.4 is 5.32 Å². The van der Waals surface area contributed by atoms with Crippen LogP contribution in [0.1, 0.15) is 22.7 Å². The van der Waals surface area contributed by atoms with E-state index in [-0.39, 0.29) is 11.9 Å². The Hall–Kier alpha value is -0.900. The van der Waals surface area contributed by atoms with E-state index in [1.165, 1.54) is 12.1 Å². The molecule has 20 heavy (non-hydrogen) atoms. The number of hydrogen-bond donors (Lipinski definition) is 1. The van der Waals surface area contributed by atoms with E-state index in [4.69, 9.17) is 11.6 Å². The molecule has 2 aromatic carbocycles. The first-order valence-electron chi connectivity index (χ1n) is 6.38. The van der Waals surface area contributed by atoms with Crippen LogP contribution in [0.2, 0.25) is 5.02 Å². The fraction of sp³-hybridized carbons (Fsp3) is 0.250. The van der Waals surface area contributed by atoms with E-state index in [1.54, 1.807) is 6.07 Å². The second kappa shape index (κ2) is 6.70. The number of nitrogens with one attached hydrogen (secondary N) is 1. The maximum atomic E-state index is 13.1. The summed E-state index contributed by atoms with van der Waals surface area (Å²) in [7, 11) is 1.90. The summed E-state index contributed by atoms with van der Waals surface area (Å²) in [6.07, 6.45) is 0.736. The molecule has 2 rings (SSSR count). The highest BCUT2D eigenvalue weighted by atomic mass is 79.9. The summed E-state index contributed by atoms with van der Waals surface area (Å²) in [6, 6.07) is 10.9. The van der Waals surface area contributed by atoms with Crippen molar-refractivity contribution in [1.82, 2.24) is 5.32 Å². The monoisotopic (exact) mass is 355 g/mol. The van der Waals surface area contributed by atoms with Crippen LogP contribution in [-0.2, 0) is 6.42 Å². The van der Waals surface area contributed by atoms with E-state index in [9.17, 15) is 4.39 Å². The van der Waals surface area contributed by atoms with E-state index >= 15 is 0 Å². The molecule has 0 aliphatic heterocycles. The third kappa shape index (κ3) is 3.60. The average Bonchev–Trinajstić information content (AvgIpc) is 2.39. The Morgan fingerprint density at radius 1 is 1.25 bits per heavy atom. The third-order valence-corrected chi connectivity index (χ3v) is 4.38. The van der Waals surface area contributed by atoms with Gasteiger partial charge in [0.1, 0.15) is 5.82 Å². The molecule has 106 valence electrons. The van der Waals surface area contributed by atoms with Gasteiger partial charge in [-0.25, -0.2) is 4.39 Å². The molecule has 0 saturated heterocycles. The lowest BCUT2D eigenvalue weighted by Gasteiger charge is -2.19. The lowest BCUT2D eigenvalue weighted by Crippen LogP contribution is -2.19. The molecular formula is C16H16BrClFN. The van der Waals surface area contributed by atoms with Crippen LogP contribution in [0, 0.1) is 12.7 Å². The van der Waals surface area contributed by atoms with Crippen LogP contribution in [0.15, 0.2) is 40.9 Å². The van der Waals surface area contributed by atoms with Gasteiger partial charge in [-0.1, -0.05) is 45.7 Å². The highest BCUT2D eigenvalue weighted by Crippen LogP contribution is 2.29. The quantitative estimate of drug-likeness (QED) is 0.808. The fourth-order valence-electron chi connectivity index (χ4n) is 2.19. The maximum Gasteiger partial charge on any atom is 0.124 e. The number of rotatable bonds is 4. The topological polar surface area (TPSA) is 12.0 Å². The molecule has 0 spiro atoms. The summed E-state index contributed by atoms with van der Waals surface area (Å²) in [4.78, 5) is 0. The fourth-order valence-corrected chi connectivity index (χ4v) is 3.07. The van der Waals surface area contributed by atoms with Crippen LogP contribution in [0.5, 0.6) is 0 Å². The van der Waals surface area contributed by atoms with E-state index in [0.717, 1.165) is 32.6 Å². The standard InChI is InChI=1S/C16H16BrClFN/c1-10-3-6-13(15(18)7-10)16(20-2)8-11-4-5-12(19)9-14(11)17/h3-7,9,16,20H,8H2,1-2H3. The van der Waals surface area contributed by atoms with Crippen molar-refractivity contribution in [2.24, 2.45) is 0 Å². The second-order valence-corrected chi connectivity index (χ2v) is 6.07. The molecule has 0 radical (unpaired) electrons. The Labute approximate surface area is 132 Å². The minimum absolute atomic E-state index is 0.0878. The number of halogens is 3. The van der Waals surface area contributed by atoms with E-state index < -0.39 is 0 Å². The van der Waals surface area contributed by atoms with Gasteiger partial charge in [-0.2, -0.15) is 0 Å². The van der Waals surface area contributed by atoms with Crippen LogP contribution in [0.3, 0.4) is 0 Å². The average molecular weight is 357 g/mol. The predicted molar refractivity (Wildman–Crippen MR) is 85.8 cm³/mol. The minimum atomic E-state index is -0.241. The van der Waals surface area contributed by atoms with E-state index in [1.807, 2.05) is 32.2 Å². The number of hydrogen-bond acceptors (Lipinski definition) is 1. The first kappa shape index (κ1) is 15.5. The summed E-state index contributed by atoms with van der Waals surface area (Å²) in [6.45, 7) is 2.01. The van der Waals surface area contributed by atoms with Gasteiger partial charge in [0.25, 0.3) is 0 Å². The lowest BCUT2D eigenvalue weighted by atomic mass is 9.98. The van der Waals surface area contributed by atoms with Gasteiger partial charge in [0, 0.05) is 15.5 Å². The highest BCUT2D eigenvalue weighted by molar-refractivity contribution is 9.10. The number of aryl methyl sites for hydroxylation is 1.